The number of anilines is 1. The van der Waals surface area contributed by atoms with Crippen molar-refractivity contribution in [2.24, 2.45) is 0 Å². The van der Waals surface area contributed by atoms with Gasteiger partial charge < -0.3 is 10.1 Å². The molecule has 0 atom stereocenters. The summed E-state index contributed by atoms with van der Waals surface area (Å²) in [5, 5.41) is 19.7. The van der Waals surface area contributed by atoms with E-state index in [1.54, 1.807) is 35.8 Å². The normalized spacial score (nSPS) is 10.2. The summed E-state index contributed by atoms with van der Waals surface area (Å²) in [4.78, 5) is 13.1. The average Bonchev–Trinajstić information content (AvgIpc) is 3.15. The third kappa shape index (κ3) is 5.69. The molecule has 3 aromatic rings. The molecule has 1 N–H and O–H groups in total. The summed E-state index contributed by atoms with van der Waals surface area (Å²) in [5.41, 5.74) is 3.06. The van der Waals surface area contributed by atoms with E-state index in [1.165, 1.54) is 23.1 Å². The van der Waals surface area contributed by atoms with Gasteiger partial charge in [0.05, 0.1) is 11.4 Å². The van der Waals surface area contributed by atoms with Crippen molar-refractivity contribution < 1.29 is 9.53 Å². The van der Waals surface area contributed by atoms with E-state index in [2.05, 4.69) is 15.5 Å². The molecular formula is C18H13ClN4O2S2. The number of hydrogen-bond acceptors (Lipinski definition) is 7. The third-order valence-electron chi connectivity index (χ3n) is 3.32. The number of nitrogens with zero attached hydrogens (tertiary/aromatic N) is 3. The summed E-state index contributed by atoms with van der Waals surface area (Å²) < 4.78 is 6.04. The molecule has 0 radical (unpaired) electrons. The second-order valence-corrected chi connectivity index (χ2v) is 7.80. The minimum atomic E-state index is -0.173. The standard InChI is InChI=1S/C18H13ClN4O2S2/c19-15-10-13(4-5-16(15)27-18-23-21-11-26-18)22-17(24)9-12-2-1-3-14(8-12)25-7-6-20/h1-5,8,10-11H,7,9H2,(H,22,24). The molecule has 0 fully saturated rings. The molecule has 0 saturated carbocycles. The van der Waals surface area contributed by atoms with Gasteiger partial charge in [-0.05, 0) is 35.9 Å². The molecule has 0 bridgehead atoms. The first-order valence-electron chi connectivity index (χ1n) is 7.76. The second kappa shape index (κ2) is 9.37. The largest absolute Gasteiger partial charge is 0.479 e. The van der Waals surface area contributed by atoms with Crippen LogP contribution in [-0.2, 0) is 11.2 Å². The lowest BCUT2D eigenvalue weighted by Crippen LogP contribution is -2.14. The zero-order valence-corrected chi connectivity index (χ0v) is 16.3. The molecule has 1 amide bonds. The van der Waals surface area contributed by atoms with Crippen molar-refractivity contribution in [3.8, 4) is 11.8 Å². The maximum Gasteiger partial charge on any atom is 0.228 e. The number of ether oxygens (including phenoxy) is 1. The highest BCUT2D eigenvalue weighted by Gasteiger charge is 2.09. The Morgan fingerprint density at radius 3 is 2.96 bits per heavy atom. The first-order chi connectivity index (χ1) is 13.1. The van der Waals surface area contributed by atoms with Crippen molar-refractivity contribution in [2.45, 2.75) is 15.7 Å². The minimum Gasteiger partial charge on any atom is -0.479 e. The van der Waals surface area contributed by atoms with Gasteiger partial charge in [0.25, 0.3) is 0 Å². The molecule has 0 saturated heterocycles. The van der Waals surface area contributed by atoms with Gasteiger partial charge in [0.1, 0.15) is 17.3 Å². The minimum absolute atomic E-state index is 0.0322. The van der Waals surface area contributed by atoms with Gasteiger partial charge in [-0.25, -0.2) is 0 Å². The highest BCUT2D eigenvalue weighted by Crippen LogP contribution is 2.35. The molecule has 2 aromatic carbocycles. The number of carbonyl (C=O) groups excluding carboxylic acids is 1. The number of nitriles is 1. The number of benzene rings is 2. The van der Waals surface area contributed by atoms with Crippen LogP contribution in [0.25, 0.3) is 0 Å². The molecule has 0 aliphatic carbocycles. The highest BCUT2D eigenvalue weighted by molar-refractivity contribution is 8.01. The van der Waals surface area contributed by atoms with Gasteiger partial charge in [-0.2, -0.15) is 5.26 Å². The first kappa shape index (κ1) is 19.2. The number of hydrogen-bond donors (Lipinski definition) is 1. The lowest BCUT2D eigenvalue weighted by atomic mass is 10.1. The lowest BCUT2D eigenvalue weighted by molar-refractivity contribution is -0.115. The summed E-state index contributed by atoms with van der Waals surface area (Å²) in [5.74, 6) is 0.385. The van der Waals surface area contributed by atoms with E-state index in [0.717, 1.165) is 14.8 Å². The molecule has 0 unspecified atom stereocenters. The Bertz CT molecular complexity index is 974. The number of carbonyl (C=O) groups is 1. The molecule has 27 heavy (non-hydrogen) atoms. The van der Waals surface area contributed by atoms with Crippen molar-refractivity contribution in [2.75, 3.05) is 11.9 Å². The fourth-order valence-corrected chi connectivity index (χ4v) is 3.95. The number of aromatic nitrogens is 2. The monoisotopic (exact) mass is 416 g/mol. The Labute approximate surface area is 169 Å². The van der Waals surface area contributed by atoms with Gasteiger partial charge in [-0.1, -0.05) is 46.8 Å². The van der Waals surface area contributed by atoms with Crippen LogP contribution in [-0.4, -0.2) is 22.7 Å². The molecule has 1 heterocycles. The first-order valence-corrected chi connectivity index (χ1v) is 9.83. The summed E-state index contributed by atoms with van der Waals surface area (Å²) >= 11 is 9.16. The fourth-order valence-electron chi connectivity index (χ4n) is 2.21. The molecular weight excluding hydrogens is 404 g/mol. The Balaban J connectivity index is 1.61. The van der Waals surface area contributed by atoms with E-state index < -0.39 is 0 Å². The van der Waals surface area contributed by atoms with E-state index in [0.29, 0.717) is 16.5 Å². The van der Waals surface area contributed by atoms with Crippen LogP contribution < -0.4 is 10.1 Å². The zero-order chi connectivity index (χ0) is 19.1. The van der Waals surface area contributed by atoms with E-state index in [-0.39, 0.29) is 18.9 Å². The predicted octanol–water partition coefficient (Wildman–Crippen LogP) is 4.43. The number of nitrogens with one attached hydrogen (secondary N) is 1. The van der Waals surface area contributed by atoms with Crippen LogP contribution in [0.2, 0.25) is 5.02 Å². The van der Waals surface area contributed by atoms with Gasteiger partial charge in [0.15, 0.2) is 10.9 Å². The third-order valence-corrected chi connectivity index (χ3v) is 5.60. The van der Waals surface area contributed by atoms with Crippen LogP contribution in [0.5, 0.6) is 5.75 Å². The molecule has 1 aromatic heterocycles. The average molecular weight is 417 g/mol. The maximum absolute atomic E-state index is 12.3. The summed E-state index contributed by atoms with van der Waals surface area (Å²) in [6.07, 6.45) is 0.183. The van der Waals surface area contributed by atoms with E-state index in [1.807, 2.05) is 18.2 Å². The summed E-state index contributed by atoms with van der Waals surface area (Å²) in [6, 6.07) is 14.3. The quantitative estimate of drug-likeness (QED) is 0.613. The summed E-state index contributed by atoms with van der Waals surface area (Å²) in [7, 11) is 0. The van der Waals surface area contributed by atoms with Crippen LogP contribution in [0.15, 0.2) is 57.2 Å². The van der Waals surface area contributed by atoms with Crippen molar-refractivity contribution in [1.29, 1.82) is 5.26 Å². The number of halogens is 1. The lowest BCUT2D eigenvalue weighted by Gasteiger charge is -2.09. The SMILES string of the molecule is N#CCOc1cccc(CC(=O)Nc2ccc(Sc3nncs3)c(Cl)c2)c1. The van der Waals surface area contributed by atoms with Crippen LogP contribution in [0.3, 0.4) is 0 Å². The Hall–Kier alpha value is -2.60. The molecule has 0 aliphatic rings. The maximum atomic E-state index is 12.3. The number of amides is 1. The predicted molar refractivity (Wildman–Crippen MR) is 105 cm³/mol. The van der Waals surface area contributed by atoms with E-state index >= 15 is 0 Å². The molecule has 136 valence electrons. The van der Waals surface area contributed by atoms with Crippen molar-refractivity contribution in [3.63, 3.8) is 0 Å². The van der Waals surface area contributed by atoms with Crippen LogP contribution in [0.1, 0.15) is 5.56 Å². The molecule has 0 spiro atoms. The smallest absolute Gasteiger partial charge is 0.228 e. The van der Waals surface area contributed by atoms with Crippen molar-refractivity contribution in [3.05, 3.63) is 58.6 Å². The van der Waals surface area contributed by atoms with Crippen molar-refractivity contribution >= 4 is 46.3 Å². The topological polar surface area (TPSA) is 87.9 Å². The van der Waals surface area contributed by atoms with E-state index in [4.69, 9.17) is 21.6 Å². The van der Waals surface area contributed by atoms with Gasteiger partial charge in [-0.15, -0.1) is 10.2 Å². The van der Waals surface area contributed by atoms with Gasteiger partial charge >= 0.3 is 0 Å². The summed E-state index contributed by atoms with van der Waals surface area (Å²) in [6.45, 7) is -0.0322. The van der Waals surface area contributed by atoms with Crippen molar-refractivity contribution in [1.82, 2.24) is 10.2 Å². The molecule has 9 heteroatoms. The fraction of sp³-hybridized carbons (Fsp3) is 0.111. The Morgan fingerprint density at radius 2 is 2.22 bits per heavy atom. The molecule has 3 rings (SSSR count). The van der Waals surface area contributed by atoms with Crippen LogP contribution in [0, 0.1) is 11.3 Å². The van der Waals surface area contributed by atoms with E-state index in [9.17, 15) is 4.79 Å². The molecule has 0 aliphatic heterocycles. The van der Waals surface area contributed by atoms with Gasteiger partial charge in [-0.3, -0.25) is 4.79 Å². The number of rotatable bonds is 7. The Kier molecular flexibility index (Phi) is 6.65. The van der Waals surface area contributed by atoms with Gasteiger partial charge in [0, 0.05) is 10.6 Å². The van der Waals surface area contributed by atoms with Crippen LogP contribution in [0.4, 0.5) is 5.69 Å². The van der Waals surface area contributed by atoms with Crippen LogP contribution >= 0.6 is 34.7 Å². The highest BCUT2D eigenvalue weighted by atomic mass is 35.5. The second-order valence-electron chi connectivity index (χ2n) is 5.27. The molecule has 6 nitrogen and oxygen atoms in total. The van der Waals surface area contributed by atoms with Gasteiger partial charge in [0.2, 0.25) is 5.91 Å². The Morgan fingerprint density at radius 1 is 1.33 bits per heavy atom. The zero-order valence-electron chi connectivity index (χ0n) is 13.9.